The molecule has 3 N–H and O–H groups in total. The third kappa shape index (κ3) is 1.75. The Bertz CT molecular complexity index is 492. The molecule has 0 fully saturated rings. The number of aromatic amines is 1. The Morgan fingerprint density at radius 1 is 1.44 bits per heavy atom. The Hall–Kier alpha value is -2.30. The van der Waals surface area contributed by atoms with E-state index in [0.29, 0.717) is 16.9 Å². The van der Waals surface area contributed by atoms with Gasteiger partial charge in [0, 0.05) is 13.2 Å². The molecule has 0 radical (unpaired) electrons. The molecule has 0 aliphatic heterocycles. The van der Waals surface area contributed by atoms with Crippen LogP contribution in [-0.4, -0.2) is 23.2 Å². The van der Waals surface area contributed by atoms with Gasteiger partial charge in [-0.2, -0.15) is 5.10 Å². The van der Waals surface area contributed by atoms with Crippen LogP contribution in [0.4, 0.5) is 11.4 Å². The summed E-state index contributed by atoms with van der Waals surface area (Å²) in [6, 6.07) is 7.22. The van der Waals surface area contributed by atoms with Crippen LogP contribution >= 0.6 is 0 Å². The van der Waals surface area contributed by atoms with Crippen LogP contribution in [0, 0.1) is 0 Å². The second kappa shape index (κ2) is 4.06. The standard InChI is InChI=1S/C11H12N4O/c1-15(10-5-3-2-4-9(10)12)11(16)8-6-13-14-7-8/h2-7H,12H2,1H3,(H,13,14). The summed E-state index contributed by atoms with van der Waals surface area (Å²) in [7, 11) is 1.68. The van der Waals surface area contributed by atoms with Gasteiger partial charge < -0.3 is 10.6 Å². The number of anilines is 2. The van der Waals surface area contributed by atoms with Crippen molar-refractivity contribution in [2.24, 2.45) is 0 Å². The number of carbonyl (C=O) groups is 1. The third-order valence-electron chi connectivity index (χ3n) is 2.35. The first-order valence-electron chi connectivity index (χ1n) is 4.81. The lowest BCUT2D eigenvalue weighted by atomic mass is 10.2. The fourth-order valence-corrected chi connectivity index (χ4v) is 1.46. The van der Waals surface area contributed by atoms with Crippen LogP contribution < -0.4 is 10.6 Å². The van der Waals surface area contributed by atoms with Gasteiger partial charge >= 0.3 is 0 Å². The predicted octanol–water partition coefficient (Wildman–Crippen LogP) is 1.27. The molecule has 2 rings (SSSR count). The van der Waals surface area contributed by atoms with Crippen molar-refractivity contribution in [1.82, 2.24) is 10.2 Å². The molecule has 0 saturated carbocycles. The van der Waals surface area contributed by atoms with E-state index >= 15 is 0 Å². The van der Waals surface area contributed by atoms with Crippen molar-refractivity contribution in [1.29, 1.82) is 0 Å². The molecule has 5 heteroatoms. The molecule has 2 aromatic rings. The van der Waals surface area contributed by atoms with Crippen molar-refractivity contribution < 1.29 is 4.79 Å². The molecule has 5 nitrogen and oxygen atoms in total. The molecule has 0 aliphatic rings. The zero-order chi connectivity index (χ0) is 11.5. The van der Waals surface area contributed by atoms with E-state index in [-0.39, 0.29) is 5.91 Å². The van der Waals surface area contributed by atoms with Crippen LogP contribution in [-0.2, 0) is 0 Å². The van der Waals surface area contributed by atoms with E-state index < -0.39 is 0 Å². The predicted molar refractivity (Wildman–Crippen MR) is 62.2 cm³/mol. The van der Waals surface area contributed by atoms with Crippen molar-refractivity contribution >= 4 is 17.3 Å². The highest BCUT2D eigenvalue weighted by molar-refractivity contribution is 6.06. The second-order valence-electron chi connectivity index (χ2n) is 3.41. The Morgan fingerprint density at radius 2 is 2.19 bits per heavy atom. The maximum atomic E-state index is 12.0. The summed E-state index contributed by atoms with van der Waals surface area (Å²) < 4.78 is 0. The van der Waals surface area contributed by atoms with Gasteiger partial charge in [0.15, 0.2) is 0 Å². The number of amides is 1. The van der Waals surface area contributed by atoms with Gasteiger partial charge in [-0.05, 0) is 12.1 Å². The average molecular weight is 216 g/mol. The Morgan fingerprint density at radius 3 is 2.81 bits per heavy atom. The molecule has 0 saturated heterocycles. The molecule has 0 bridgehead atoms. The molecule has 1 heterocycles. The molecule has 1 aromatic carbocycles. The Kier molecular flexibility index (Phi) is 2.59. The van der Waals surface area contributed by atoms with Crippen molar-refractivity contribution in [2.45, 2.75) is 0 Å². The summed E-state index contributed by atoms with van der Waals surface area (Å²) in [5, 5.41) is 6.34. The normalized spacial score (nSPS) is 10.1. The highest BCUT2D eigenvalue weighted by atomic mass is 16.2. The lowest BCUT2D eigenvalue weighted by molar-refractivity contribution is 0.0993. The van der Waals surface area contributed by atoms with Crippen LogP contribution in [0.5, 0.6) is 0 Å². The number of nitrogens with one attached hydrogen (secondary N) is 1. The first kappa shape index (κ1) is 10.2. The molecule has 0 unspecified atom stereocenters. The summed E-state index contributed by atoms with van der Waals surface area (Å²) in [4.78, 5) is 13.5. The zero-order valence-electron chi connectivity index (χ0n) is 8.84. The number of benzene rings is 1. The van der Waals surface area contributed by atoms with Gasteiger partial charge in [-0.3, -0.25) is 9.89 Å². The SMILES string of the molecule is CN(C(=O)c1cn[nH]c1)c1ccccc1N. The second-order valence-corrected chi connectivity index (χ2v) is 3.41. The van der Waals surface area contributed by atoms with Gasteiger partial charge in [-0.1, -0.05) is 12.1 Å². The van der Waals surface area contributed by atoms with E-state index in [4.69, 9.17) is 5.73 Å². The summed E-state index contributed by atoms with van der Waals surface area (Å²) in [6.45, 7) is 0. The van der Waals surface area contributed by atoms with Crippen LogP contribution in [0.15, 0.2) is 36.7 Å². The third-order valence-corrected chi connectivity index (χ3v) is 2.35. The Balaban J connectivity index is 2.30. The van der Waals surface area contributed by atoms with Crippen LogP contribution in [0.3, 0.4) is 0 Å². The van der Waals surface area contributed by atoms with Gasteiger partial charge in [0.05, 0.1) is 23.1 Å². The number of aromatic nitrogens is 2. The quantitative estimate of drug-likeness (QED) is 0.742. The van der Waals surface area contributed by atoms with E-state index in [1.165, 1.54) is 11.1 Å². The molecular formula is C11H12N4O. The first-order valence-corrected chi connectivity index (χ1v) is 4.81. The van der Waals surface area contributed by atoms with Gasteiger partial charge in [-0.15, -0.1) is 0 Å². The van der Waals surface area contributed by atoms with Crippen molar-refractivity contribution in [3.05, 3.63) is 42.2 Å². The number of nitrogens with two attached hydrogens (primary N) is 1. The summed E-state index contributed by atoms with van der Waals surface area (Å²) in [6.07, 6.45) is 3.04. The van der Waals surface area contributed by atoms with Crippen LogP contribution in [0.1, 0.15) is 10.4 Å². The lowest BCUT2D eigenvalue weighted by Gasteiger charge is -2.18. The van der Waals surface area contributed by atoms with Gasteiger partial charge in [-0.25, -0.2) is 0 Å². The maximum absolute atomic E-state index is 12.0. The summed E-state index contributed by atoms with van der Waals surface area (Å²) >= 11 is 0. The van der Waals surface area contributed by atoms with E-state index in [1.807, 2.05) is 12.1 Å². The van der Waals surface area contributed by atoms with E-state index in [9.17, 15) is 4.79 Å². The maximum Gasteiger partial charge on any atom is 0.261 e. The minimum Gasteiger partial charge on any atom is -0.397 e. The van der Waals surface area contributed by atoms with E-state index in [2.05, 4.69) is 10.2 Å². The van der Waals surface area contributed by atoms with Crippen molar-refractivity contribution in [3.63, 3.8) is 0 Å². The molecule has 0 spiro atoms. The number of carbonyl (C=O) groups excluding carboxylic acids is 1. The number of H-pyrrole nitrogens is 1. The molecule has 82 valence electrons. The number of nitrogens with zero attached hydrogens (tertiary/aromatic N) is 2. The van der Waals surface area contributed by atoms with E-state index in [1.54, 1.807) is 25.4 Å². The van der Waals surface area contributed by atoms with Gasteiger partial charge in [0.25, 0.3) is 5.91 Å². The highest BCUT2D eigenvalue weighted by Gasteiger charge is 2.15. The van der Waals surface area contributed by atoms with Crippen molar-refractivity contribution in [3.8, 4) is 0 Å². The number of hydrogen-bond acceptors (Lipinski definition) is 3. The highest BCUT2D eigenvalue weighted by Crippen LogP contribution is 2.22. The number of para-hydroxylation sites is 2. The first-order chi connectivity index (χ1) is 7.70. The number of hydrogen-bond donors (Lipinski definition) is 2. The largest absolute Gasteiger partial charge is 0.397 e. The molecular weight excluding hydrogens is 204 g/mol. The van der Waals surface area contributed by atoms with E-state index in [0.717, 1.165) is 0 Å². The molecule has 0 atom stereocenters. The monoisotopic (exact) mass is 216 g/mol. The fourth-order valence-electron chi connectivity index (χ4n) is 1.46. The van der Waals surface area contributed by atoms with Gasteiger partial charge in [0.1, 0.15) is 0 Å². The Labute approximate surface area is 92.9 Å². The summed E-state index contributed by atoms with van der Waals surface area (Å²) in [5.41, 5.74) is 7.56. The lowest BCUT2D eigenvalue weighted by Crippen LogP contribution is -2.26. The molecule has 16 heavy (non-hydrogen) atoms. The molecule has 1 aromatic heterocycles. The smallest absolute Gasteiger partial charge is 0.261 e. The number of nitrogen functional groups attached to an aromatic ring is 1. The fraction of sp³-hybridized carbons (Fsp3) is 0.0909. The van der Waals surface area contributed by atoms with Crippen LogP contribution in [0.2, 0.25) is 0 Å². The van der Waals surface area contributed by atoms with Gasteiger partial charge in [0.2, 0.25) is 0 Å². The van der Waals surface area contributed by atoms with Crippen molar-refractivity contribution in [2.75, 3.05) is 17.7 Å². The van der Waals surface area contributed by atoms with Crippen LogP contribution in [0.25, 0.3) is 0 Å². The summed E-state index contributed by atoms with van der Waals surface area (Å²) in [5.74, 6) is -0.147. The molecule has 1 amide bonds. The minimum absolute atomic E-state index is 0.147. The molecule has 0 aliphatic carbocycles. The average Bonchev–Trinajstić information content (AvgIpc) is 2.81. The minimum atomic E-state index is -0.147. The zero-order valence-corrected chi connectivity index (χ0v) is 8.84. The number of rotatable bonds is 2. The topological polar surface area (TPSA) is 75.0 Å².